The highest BCUT2D eigenvalue weighted by atomic mass is 16.5. The number of fused-ring (bicyclic) bond motifs is 1. The first kappa shape index (κ1) is 14.7. The van der Waals surface area contributed by atoms with E-state index in [9.17, 15) is 4.79 Å². The Morgan fingerprint density at radius 2 is 2.27 bits per heavy atom. The molecule has 6 heteroatoms. The summed E-state index contributed by atoms with van der Waals surface area (Å²) in [4.78, 5) is 16.4. The largest absolute Gasteiger partial charge is 0.373 e. The minimum Gasteiger partial charge on any atom is -0.373 e. The first-order valence-electron chi connectivity index (χ1n) is 7.42. The molecule has 116 valence electrons. The number of hydrogen-bond donors (Lipinski definition) is 1. The van der Waals surface area contributed by atoms with Gasteiger partial charge in [-0.3, -0.25) is 4.79 Å². The first-order valence-corrected chi connectivity index (χ1v) is 7.42. The second-order valence-corrected chi connectivity index (χ2v) is 5.48. The molecule has 1 N–H and O–H groups in total. The monoisotopic (exact) mass is 301 g/mol. The van der Waals surface area contributed by atoms with E-state index >= 15 is 0 Å². The van der Waals surface area contributed by atoms with Crippen LogP contribution in [0.3, 0.4) is 0 Å². The number of benzene rings is 1. The summed E-state index contributed by atoms with van der Waals surface area (Å²) in [6.45, 7) is 4.21. The summed E-state index contributed by atoms with van der Waals surface area (Å²) in [5.74, 6) is 0.876. The smallest absolute Gasteiger partial charge is 0.248 e. The molecule has 1 aliphatic rings. The highest BCUT2D eigenvalue weighted by molar-refractivity contribution is 5.77. The van der Waals surface area contributed by atoms with Crippen LogP contribution in [0.15, 0.2) is 28.8 Å². The van der Waals surface area contributed by atoms with E-state index in [0.29, 0.717) is 18.3 Å². The zero-order valence-corrected chi connectivity index (χ0v) is 12.7. The molecule has 1 aromatic carbocycles. The van der Waals surface area contributed by atoms with E-state index in [1.165, 1.54) is 5.56 Å². The molecule has 6 nitrogen and oxygen atoms in total. The fourth-order valence-electron chi connectivity index (χ4n) is 2.67. The molecule has 2 aromatic rings. The van der Waals surface area contributed by atoms with Crippen LogP contribution in [0.2, 0.25) is 0 Å². The van der Waals surface area contributed by atoms with Crippen LogP contribution in [0, 0.1) is 6.92 Å². The number of carbonyl (C=O) groups excluding carboxylic acids is 1. The van der Waals surface area contributed by atoms with Gasteiger partial charge in [-0.1, -0.05) is 29.4 Å². The molecule has 22 heavy (non-hydrogen) atoms. The van der Waals surface area contributed by atoms with Gasteiger partial charge in [-0.15, -0.1) is 0 Å². The SMILES string of the molecule is Cc1noc([C@H](C)NC(=O)C[C@@H]2OCCc3ccccc32)n1. The van der Waals surface area contributed by atoms with Crippen molar-refractivity contribution < 1.29 is 14.1 Å². The number of nitrogens with zero attached hydrogens (tertiary/aromatic N) is 2. The van der Waals surface area contributed by atoms with Crippen molar-refractivity contribution in [2.45, 2.75) is 38.8 Å². The fraction of sp³-hybridized carbons (Fsp3) is 0.438. The molecule has 1 aromatic heterocycles. The van der Waals surface area contributed by atoms with E-state index in [0.717, 1.165) is 12.0 Å². The standard InChI is InChI=1S/C16H19N3O3/c1-10(16-18-11(2)19-22-16)17-15(20)9-14-13-6-4-3-5-12(13)7-8-21-14/h3-6,10,14H,7-9H2,1-2H3,(H,17,20)/t10-,14-/m0/s1. The second kappa shape index (κ2) is 6.27. The van der Waals surface area contributed by atoms with Crippen molar-refractivity contribution in [3.8, 4) is 0 Å². The molecule has 0 saturated carbocycles. The van der Waals surface area contributed by atoms with Crippen molar-refractivity contribution in [2.75, 3.05) is 6.61 Å². The van der Waals surface area contributed by atoms with Crippen molar-refractivity contribution in [3.05, 3.63) is 47.1 Å². The van der Waals surface area contributed by atoms with Crippen molar-refractivity contribution >= 4 is 5.91 Å². The van der Waals surface area contributed by atoms with Gasteiger partial charge in [0.05, 0.1) is 19.1 Å². The number of hydrogen-bond acceptors (Lipinski definition) is 5. The number of nitrogens with one attached hydrogen (secondary N) is 1. The molecule has 2 heterocycles. The minimum absolute atomic E-state index is 0.0925. The molecule has 3 rings (SSSR count). The summed E-state index contributed by atoms with van der Waals surface area (Å²) in [5.41, 5.74) is 2.36. The Morgan fingerprint density at radius 3 is 3.05 bits per heavy atom. The van der Waals surface area contributed by atoms with Crippen LogP contribution in [0.4, 0.5) is 0 Å². The quantitative estimate of drug-likeness (QED) is 0.937. The Labute approximate surface area is 128 Å². The highest BCUT2D eigenvalue weighted by Gasteiger charge is 2.24. The number of aromatic nitrogens is 2. The molecule has 0 radical (unpaired) electrons. The lowest BCUT2D eigenvalue weighted by atomic mass is 9.95. The van der Waals surface area contributed by atoms with E-state index in [1.54, 1.807) is 6.92 Å². The van der Waals surface area contributed by atoms with E-state index in [4.69, 9.17) is 9.26 Å². The Bertz CT molecular complexity index is 668. The molecule has 0 spiro atoms. The number of aryl methyl sites for hydroxylation is 1. The number of rotatable bonds is 4. The lowest BCUT2D eigenvalue weighted by Crippen LogP contribution is -2.30. The van der Waals surface area contributed by atoms with Crippen LogP contribution >= 0.6 is 0 Å². The van der Waals surface area contributed by atoms with Crippen LogP contribution in [-0.4, -0.2) is 22.7 Å². The summed E-state index contributed by atoms with van der Waals surface area (Å²) in [6, 6.07) is 7.79. The lowest BCUT2D eigenvalue weighted by Gasteiger charge is -2.26. The summed E-state index contributed by atoms with van der Waals surface area (Å²) in [7, 11) is 0. The van der Waals surface area contributed by atoms with Crippen LogP contribution in [0.1, 0.15) is 48.3 Å². The predicted molar refractivity (Wildman–Crippen MR) is 79.0 cm³/mol. The van der Waals surface area contributed by atoms with Gasteiger partial charge < -0.3 is 14.6 Å². The summed E-state index contributed by atoms with van der Waals surface area (Å²) in [5, 5.41) is 6.60. The van der Waals surface area contributed by atoms with Gasteiger partial charge in [-0.2, -0.15) is 4.98 Å². The Hall–Kier alpha value is -2.21. The second-order valence-electron chi connectivity index (χ2n) is 5.48. The van der Waals surface area contributed by atoms with Crippen molar-refractivity contribution in [3.63, 3.8) is 0 Å². The molecular formula is C16H19N3O3. The third-order valence-corrected chi connectivity index (χ3v) is 3.75. The zero-order valence-electron chi connectivity index (χ0n) is 12.7. The van der Waals surface area contributed by atoms with Gasteiger partial charge in [0.1, 0.15) is 6.04 Å². The topological polar surface area (TPSA) is 77.2 Å². The Balaban J connectivity index is 1.63. The van der Waals surface area contributed by atoms with Crippen LogP contribution in [0.5, 0.6) is 0 Å². The summed E-state index contributed by atoms with van der Waals surface area (Å²) < 4.78 is 10.8. The van der Waals surface area contributed by atoms with E-state index in [2.05, 4.69) is 21.5 Å². The third-order valence-electron chi connectivity index (χ3n) is 3.75. The maximum Gasteiger partial charge on any atom is 0.248 e. The van der Waals surface area contributed by atoms with Crippen molar-refractivity contribution in [2.24, 2.45) is 0 Å². The Kier molecular flexibility index (Phi) is 4.20. The molecule has 0 aliphatic carbocycles. The third kappa shape index (κ3) is 3.17. The molecule has 0 fully saturated rings. The fourth-order valence-corrected chi connectivity index (χ4v) is 2.67. The molecule has 0 bridgehead atoms. The predicted octanol–water partition coefficient (Wildman–Crippen LogP) is 2.26. The number of carbonyl (C=O) groups is 1. The summed E-state index contributed by atoms with van der Waals surface area (Å²) >= 11 is 0. The van der Waals surface area contributed by atoms with Crippen LogP contribution in [0.25, 0.3) is 0 Å². The average Bonchev–Trinajstić information content (AvgIpc) is 2.94. The number of amides is 1. The van der Waals surface area contributed by atoms with E-state index < -0.39 is 0 Å². The van der Waals surface area contributed by atoms with Crippen LogP contribution < -0.4 is 5.32 Å². The van der Waals surface area contributed by atoms with Crippen LogP contribution in [-0.2, 0) is 16.0 Å². The van der Waals surface area contributed by atoms with Gasteiger partial charge in [0.25, 0.3) is 0 Å². The maximum absolute atomic E-state index is 12.2. The normalized spacial score (nSPS) is 18.5. The molecule has 1 aliphatic heterocycles. The zero-order chi connectivity index (χ0) is 15.5. The van der Waals surface area contributed by atoms with Gasteiger partial charge in [0, 0.05) is 0 Å². The molecule has 0 unspecified atom stereocenters. The summed E-state index contributed by atoms with van der Waals surface area (Å²) in [6.07, 6.45) is 0.988. The van der Waals surface area contributed by atoms with E-state index in [-0.39, 0.29) is 24.5 Å². The van der Waals surface area contributed by atoms with Crippen molar-refractivity contribution in [1.82, 2.24) is 15.5 Å². The van der Waals surface area contributed by atoms with Gasteiger partial charge in [-0.25, -0.2) is 0 Å². The van der Waals surface area contributed by atoms with Gasteiger partial charge in [-0.05, 0) is 31.4 Å². The highest BCUT2D eigenvalue weighted by Crippen LogP contribution is 2.29. The molecule has 2 atom stereocenters. The molecule has 1 amide bonds. The minimum atomic E-state index is -0.312. The van der Waals surface area contributed by atoms with Gasteiger partial charge >= 0.3 is 0 Å². The average molecular weight is 301 g/mol. The molecule has 0 saturated heterocycles. The molecular weight excluding hydrogens is 282 g/mol. The van der Waals surface area contributed by atoms with Gasteiger partial charge in [0.15, 0.2) is 5.82 Å². The Morgan fingerprint density at radius 1 is 1.45 bits per heavy atom. The number of ether oxygens (including phenoxy) is 1. The van der Waals surface area contributed by atoms with E-state index in [1.807, 2.05) is 25.1 Å². The first-order chi connectivity index (χ1) is 10.6. The maximum atomic E-state index is 12.2. The van der Waals surface area contributed by atoms with Gasteiger partial charge in [0.2, 0.25) is 11.8 Å². The lowest BCUT2D eigenvalue weighted by molar-refractivity contribution is -0.125. The van der Waals surface area contributed by atoms with Crippen molar-refractivity contribution in [1.29, 1.82) is 0 Å².